The number of nitrogens with zero attached hydrogens (tertiary/aromatic N) is 2. The Hall–Kier alpha value is -1.86. The minimum atomic E-state index is -1.19. The fourth-order valence-electron chi connectivity index (χ4n) is 3.33. The number of carbonyl (C=O) groups excluding carboxylic acids is 1. The van der Waals surface area contributed by atoms with Gasteiger partial charge in [-0.15, -0.1) is 0 Å². The Morgan fingerprint density at radius 2 is 1.90 bits per heavy atom. The first-order chi connectivity index (χ1) is 13.9. The zero-order valence-corrected chi connectivity index (χ0v) is 19.3. The van der Waals surface area contributed by atoms with Gasteiger partial charge in [0.2, 0.25) is 0 Å². The van der Waals surface area contributed by atoms with Crippen LogP contribution >= 0.6 is 23.4 Å². The average Bonchev–Trinajstić information content (AvgIpc) is 2.98. The van der Waals surface area contributed by atoms with E-state index in [1.54, 1.807) is 11.8 Å². The number of ether oxygens (including phenoxy) is 1. The van der Waals surface area contributed by atoms with Crippen molar-refractivity contribution >= 4 is 37.7 Å². The third-order valence-electron chi connectivity index (χ3n) is 4.88. The number of halogens is 1. The Kier molecular flexibility index (Phi) is 5.71. The fraction of sp³-hybridized carbons (Fsp3) is 0.273. The molecule has 1 aliphatic heterocycles. The van der Waals surface area contributed by atoms with Gasteiger partial charge in [-0.2, -0.15) is 0 Å². The van der Waals surface area contributed by atoms with Crippen LogP contribution in [0.5, 0.6) is 0 Å². The van der Waals surface area contributed by atoms with Crippen LogP contribution in [0.4, 0.5) is 0 Å². The van der Waals surface area contributed by atoms with E-state index < -0.39 is 8.07 Å². The Balaban J connectivity index is 1.83. The van der Waals surface area contributed by atoms with Gasteiger partial charge in [-0.1, -0.05) is 61.2 Å². The van der Waals surface area contributed by atoms with E-state index in [0.29, 0.717) is 24.2 Å². The van der Waals surface area contributed by atoms with Crippen molar-refractivity contribution in [1.29, 1.82) is 0 Å². The van der Waals surface area contributed by atoms with Crippen LogP contribution in [0.3, 0.4) is 0 Å². The van der Waals surface area contributed by atoms with Crippen molar-refractivity contribution in [3.05, 3.63) is 53.3 Å². The lowest BCUT2D eigenvalue weighted by Crippen LogP contribution is -2.22. The molecular formula is C22H23ClN2O2SSi. The fourth-order valence-corrected chi connectivity index (χ4v) is 5.32. The molecule has 0 unspecified atom stereocenters. The van der Waals surface area contributed by atoms with Gasteiger partial charge in [-0.05, 0) is 30.3 Å². The number of imidazole rings is 1. The van der Waals surface area contributed by atoms with Gasteiger partial charge >= 0.3 is 0 Å². The molecule has 0 atom stereocenters. The highest BCUT2D eigenvalue weighted by molar-refractivity contribution is 7.99. The monoisotopic (exact) mass is 442 g/mol. The van der Waals surface area contributed by atoms with Crippen molar-refractivity contribution in [2.45, 2.75) is 42.2 Å². The van der Waals surface area contributed by atoms with Gasteiger partial charge < -0.3 is 4.74 Å². The second kappa shape index (κ2) is 8.11. The summed E-state index contributed by atoms with van der Waals surface area (Å²) in [6, 6.07) is 15.1. The summed E-state index contributed by atoms with van der Waals surface area (Å²) in [7, 11) is -1.19. The van der Waals surface area contributed by atoms with Crippen LogP contribution < -0.4 is 0 Å². The smallest absolute Gasteiger partial charge is 0.185 e. The molecule has 3 aromatic rings. The van der Waals surface area contributed by atoms with Gasteiger partial charge in [0.25, 0.3) is 0 Å². The molecule has 0 saturated heterocycles. The first-order valence-electron chi connectivity index (χ1n) is 9.58. The highest BCUT2D eigenvalue weighted by Crippen LogP contribution is 2.48. The van der Waals surface area contributed by atoms with Crippen molar-refractivity contribution in [3.63, 3.8) is 0 Å². The summed E-state index contributed by atoms with van der Waals surface area (Å²) < 4.78 is 7.89. The van der Waals surface area contributed by atoms with Crippen LogP contribution in [0, 0.1) is 0 Å². The third-order valence-corrected chi connectivity index (χ3v) is 7.97. The molecule has 1 aromatic heterocycles. The van der Waals surface area contributed by atoms with E-state index in [4.69, 9.17) is 16.3 Å². The van der Waals surface area contributed by atoms with Gasteiger partial charge in [0.05, 0.1) is 11.4 Å². The van der Waals surface area contributed by atoms with Gasteiger partial charge in [-0.25, -0.2) is 4.98 Å². The Bertz CT molecular complexity index is 1080. The summed E-state index contributed by atoms with van der Waals surface area (Å²) in [6.45, 7) is 7.95. The maximum Gasteiger partial charge on any atom is 0.185 e. The van der Waals surface area contributed by atoms with Crippen molar-refractivity contribution in [2.24, 2.45) is 0 Å². The van der Waals surface area contributed by atoms with Crippen molar-refractivity contribution in [2.75, 3.05) is 6.61 Å². The molecule has 0 aliphatic carbocycles. The van der Waals surface area contributed by atoms with E-state index in [0.717, 1.165) is 44.6 Å². The minimum absolute atomic E-state index is 0.301. The number of aromatic nitrogens is 2. The normalized spacial score (nSPS) is 12.7. The standard InChI is InChI=1S/C22H23ClN2O2SSi/c1-29(2,3)11-10-27-14-25-20(13-26)24-21-17-12-15(23)8-9-19(17)28-18-7-5-4-6-16(18)22(21)25/h4-9,12-13H,10-11,14H2,1-3H3. The quantitative estimate of drug-likeness (QED) is 0.195. The molecule has 0 radical (unpaired) electrons. The van der Waals surface area contributed by atoms with E-state index >= 15 is 0 Å². The van der Waals surface area contributed by atoms with E-state index in [9.17, 15) is 4.79 Å². The second-order valence-electron chi connectivity index (χ2n) is 8.30. The molecule has 150 valence electrons. The lowest BCUT2D eigenvalue weighted by atomic mass is 10.0. The van der Waals surface area contributed by atoms with Crippen molar-refractivity contribution in [1.82, 2.24) is 9.55 Å². The number of rotatable bonds is 6. The molecule has 0 amide bonds. The molecule has 4 nitrogen and oxygen atoms in total. The largest absolute Gasteiger partial charge is 0.361 e. The Labute approximate surface area is 181 Å². The van der Waals surface area contributed by atoms with Gasteiger partial charge in [-0.3, -0.25) is 9.36 Å². The molecule has 0 fully saturated rings. The maximum atomic E-state index is 11.9. The number of carbonyl (C=O) groups is 1. The zero-order chi connectivity index (χ0) is 20.6. The second-order valence-corrected chi connectivity index (χ2v) is 15.4. The lowest BCUT2D eigenvalue weighted by Gasteiger charge is -2.17. The van der Waals surface area contributed by atoms with Crippen molar-refractivity contribution in [3.8, 4) is 22.5 Å². The molecule has 29 heavy (non-hydrogen) atoms. The summed E-state index contributed by atoms with van der Waals surface area (Å²) in [5.41, 5.74) is 3.67. The van der Waals surface area contributed by atoms with Crippen LogP contribution in [0.2, 0.25) is 30.7 Å². The first-order valence-corrected chi connectivity index (χ1v) is 14.5. The van der Waals surface area contributed by atoms with E-state index in [1.165, 1.54) is 0 Å². The van der Waals surface area contributed by atoms with Crippen molar-refractivity contribution < 1.29 is 9.53 Å². The highest BCUT2D eigenvalue weighted by atomic mass is 35.5. The van der Waals surface area contributed by atoms with E-state index in [1.807, 2.05) is 34.9 Å². The predicted molar refractivity (Wildman–Crippen MR) is 122 cm³/mol. The van der Waals surface area contributed by atoms with Crippen LogP contribution in [-0.4, -0.2) is 30.5 Å². The third kappa shape index (κ3) is 4.21. The topological polar surface area (TPSA) is 44.1 Å². The molecule has 4 rings (SSSR count). The summed E-state index contributed by atoms with van der Waals surface area (Å²) in [6.07, 6.45) is 0.802. The number of aldehydes is 1. The Morgan fingerprint density at radius 1 is 1.14 bits per heavy atom. The number of fused-ring (bicyclic) bond motifs is 5. The first kappa shape index (κ1) is 20.4. The number of hydrogen-bond donors (Lipinski definition) is 0. The molecule has 0 saturated carbocycles. The summed E-state index contributed by atoms with van der Waals surface area (Å²) in [4.78, 5) is 18.7. The average molecular weight is 443 g/mol. The van der Waals surface area contributed by atoms with Crippen LogP contribution in [0.1, 0.15) is 10.6 Å². The highest BCUT2D eigenvalue weighted by Gasteiger charge is 2.27. The molecule has 0 N–H and O–H groups in total. The van der Waals surface area contributed by atoms with Gasteiger partial charge in [0.15, 0.2) is 12.1 Å². The Morgan fingerprint density at radius 3 is 2.66 bits per heavy atom. The van der Waals surface area contributed by atoms with E-state index in [2.05, 4.69) is 36.8 Å². The minimum Gasteiger partial charge on any atom is -0.361 e. The predicted octanol–water partition coefficient (Wildman–Crippen LogP) is 6.46. The summed E-state index contributed by atoms with van der Waals surface area (Å²) in [5, 5.41) is 0.648. The number of benzene rings is 2. The van der Waals surface area contributed by atoms with Crippen LogP contribution in [0.25, 0.3) is 22.5 Å². The molecule has 1 aliphatic rings. The summed E-state index contributed by atoms with van der Waals surface area (Å²) >= 11 is 7.99. The summed E-state index contributed by atoms with van der Waals surface area (Å²) in [5.74, 6) is 0.371. The molecule has 0 bridgehead atoms. The molecule has 2 aromatic carbocycles. The van der Waals surface area contributed by atoms with Crippen LogP contribution in [0.15, 0.2) is 52.3 Å². The van der Waals surface area contributed by atoms with E-state index in [-0.39, 0.29) is 0 Å². The molecular weight excluding hydrogens is 420 g/mol. The molecule has 0 spiro atoms. The lowest BCUT2D eigenvalue weighted by molar-refractivity contribution is 0.0841. The zero-order valence-electron chi connectivity index (χ0n) is 16.7. The van der Waals surface area contributed by atoms with Gasteiger partial charge in [0, 0.05) is 40.6 Å². The van der Waals surface area contributed by atoms with Gasteiger partial charge in [0.1, 0.15) is 6.73 Å². The molecule has 2 heterocycles. The molecule has 7 heteroatoms. The van der Waals surface area contributed by atoms with Crippen LogP contribution in [-0.2, 0) is 11.5 Å². The number of hydrogen-bond acceptors (Lipinski definition) is 4. The maximum absolute atomic E-state index is 11.9. The SMILES string of the molecule is C[Si](C)(C)CCOCn1c(C=O)nc2c1-c1ccccc1Sc1ccc(Cl)cc1-2.